The van der Waals surface area contributed by atoms with Crippen molar-refractivity contribution in [2.75, 3.05) is 13.2 Å². The first-order chi connectivity index (χ1) is 16.1. The van der Waals surface area contributed by atoms with Crippen molar-refractivity contribution in [3.8, 4) is 5.75 Å². The molecule has 1 saturated heterocycles. The van der Waals surface area contributed by atoms with Gasteiger partial charge in [-0.05, 0) is 50.1 Å². The van der Waals surface area contributed by atoms with Crippen molar-refractivity contribution in [2.24, 2.45) is 0 Å². The second-order valence-electron chi connectivity index (χ2n) is 8.56. The molecule has 1 aliphatic rings. The number of rotatable bonds is 5. The fourth-order valence-electron chi connectivity index (χ4n) is 4.84. The maximum absolute atomic E-state index is 13.3. The van der Waals surface area contributed by atoms with Crippen molar-refractivity contribution in [3.63, 3.8) is 0 Å². The third-order valence-electron chi connectivity index (χ3n) is 6.47. The highest BCUT2D eigenvalue weighted by atomic mass is 16.5. The molecule has 0 aliphatic carbocycles. The van der Waals surface area contributed by atoms with Gasteiger partial charge in [-0.2, -0.15) is 0 Å². The van der Waals surface area contributed by atoms with E-state index in [4.69, 9.17) is 9.47 Å². The van der Waals surface area contributed by atoms with Gasteiger partial charge in [-0.15, -0.1) is 0 Å². The zero-order valence-corrected chi connectivity index (χ0v) is 18.2. The minimum absolute atomic E-state index is 0.0679. The van der Waals surface area contributed by atoms with Crippen LogP contribution in [0.2, 0.25) is 0 Å². The monoisotopic (exact) mass is 441 g/mol. The molecule has 166 valence electrons. The van der Waals surface area contributed by atoms with Gasteiger partial charge in [-0.1, -0.05) is 18.2 Å². The number of pyridine rings is 2. The summed E-state index contributed by atoms with van der Waals surface area (Å²) in [4.78, 5) is 30.4. The van der Waals surface area contributed by atoms with Gasteiger partial charge in [0.25, 0.3) is 11.5 Å². The van der Waals surface area contributed by atoms with E-state index in [-0.39, 0.29) is 17.6 Å². The number of nitrogens with zero attached hydrogens (tertiary/aromatic N) is 2. The number of fused-ring (bicyclic) bond motifs is 5. The quantitative estimate of drug-likeness (QED) is 0.421. The molecule has 6 rings (SSSR count). The van der Waals surface area contributed by atoms with Crippen molar-refractivity contribution < 1.29 is 14.3 Å². The van der Waals surface area contributed by atoms with Crippen LogP contribution in [-0.2, 0) is 9.53 Å². The van der Waals surface area contributed by atoms with Crippen molar-refractivity contribution in [3.05, 3.63) is 65.1 Å². The fraction of sp³-hybridized carbons (Fsp3) is 0.269. The van der Waals surface area contributed by atoms with E-state index in [1.165, 1.54) is 0 Å². The number of amides is 1. The first kappa shape index (κ1) is 19.9. The molecule has 7 heteroatoms. The Labute approximate surface area is 189 Å². The Bertz CT molecular complexity index is 1570. The topological polar surface area (TPSA) is 81.9 Å². The summed E-state index contributed by atoms with van der Waals surface area (Å²) in [6, 6.07) is 15.0. The Morgan fingerprint density at radius 3 is 2.85 bits per heavy atom. The summed E-state index contributed by atoms with van der Waals surface area (Å²) >= 11 is 0. The lowest BCUT2D eigenvalue weighted by molar-refractivity contribution is -0.127. The predicted octanol–water partition coefficient (Wildman–Crippen LogP) is 3.65. The van der Waals surface area contributed by atoms with Crippen LogP contribution in [0.1, 0.15) is 19.8 Å². The van der Waals surface area contributed by atoms with Crippen LogP contribution < -0.4 is 15.6 Å². The first-order valence-corrected chi connectivity index (χ1v) is 11.2. The lowest BCUT2D eigenvalue weighted by atomic mass is 10.1. The zero-order valence-electron chi connectivity index (χ0n) is 18.2. The van der Waals surface area contributed by atoms with Crippen molar-refractivity contribution in [1.82, 2.24) is 14.7 Å². The fourth-order valence-corrected chi connectivity index (χ4v) is 4.84. The van der Waals surface area contributed by atoms with Crippen LogP contribution in [0.3, 0.4) is 0 Å². The summed E-state index contributed by atoms with van der Waals surface area (Å²) < 4.78 is 13.3. The third kappa shape index (κ3) is 3.19. The normalized spacial score (nSPS) is 17.3. The Morgan fingerprint density at radius 1 is 1.18 bits per heavy atom. The van der Waals surface area contributed by atoms with E-state index < -0.39 is 6.10 Å². The maximum atomic E-state index is 13.3. The number of ether oxygens (including phenoxy) is 2. The summed E-state index contributed by atoms with van der Waals surface area (Å²) in [6.45, 7) is 2.98. The summed E-state index contributed by atoms with van der Waals surface area (Å²) in [6.07, 6.45) is 3.20. The number of carbonyl (C=O) groups excluding carboxylic acids is 1. The highest BCUT2D eigenvalue weighted by Crippen LogP contribution is 2.34. The minimum Gasteiger partial charge on any atom is -0.481 e. The van der Waals surface area contributed by atoms with Gasteiger partial charge < -0.3 is 14.8 Å². The molecule has 33 heavy (non-hydrogen) atoms. The average Bonchev–Trinajstić information content (AvgIpc) is 3.48. The third-order valence-corrected chi connectivity index (χ3v) is 6.47. The van der Waals surface area contributed by atoms with Crippen LogP contribution in [0.15, 0.2) is 59.5 Å². The molecule has 5 aromatic rings. The SMILES string of the molecule is C[C@@H](Oc1ccc2c(c1)c1ccnc3c4ccccc4c(=O)n2c13)C(=O)NC[C@H]1CCCO1. The smallest absolute Gasteiger partial charge is 0.263 e. The number of nitrogens with one attached hydrogen (secondary N) is 1. The van der Waals surface area contributed by atoms with E-state index in [1.54, 1.807) is 23.6 Å². The van der Waals surface area contributed by atoms with Gasteiger partial charge in [0.05, 0.1) is 22.7 Å². The Morgan fingerprint density at radius 2 is 2.03 bits per heavy atom. The van der Waals surface area contributed by atoms with Crippen LogP contribution in [0.5, 0.6) is 5.75 Å². The molecule has 2 atom stereocenters. The second-order valence-corrected chi connectivity index (χ2v) is 8.56. The van der Waals surface area contributed by atoms with E-state index in [1.807, 2.05) is 42.5 Å². The molecule has 0 unspecified atom stereocenters. The predicted molar refractivity (Wildman–Crippen MR) is 127 cm³/mol. The molecule has 1 amide bonds. The molecule has 7 nitrogen and oxygen atoms in total. The summed E-state index contributed by atoms with van der Waals surface area (Å²) in [5.41, 5.74) is 2.32. The van der Waals surface area contributed by atoms with Crippen molar-refractivity contribution in [1.29, 1.82) is 0 Å². The zero-order chi connectivity index (χ0) is 22.5. The first-order valence-electron chi connectivity index (χ1n) is 11.2. The van der Waals surface area contributed by atoms with Gasteiger partial charge in [0.1, 0.15) is 5.75 Å². The highest BCUT2D eigenvalue weighted by Gasteiger charge is 2.21. The minimum atomic E-state index is -0.656. The van der Waals surface area contributed by atoms with E-state index in [0.29, 0.717) is 17.7 Å². The number of hydrogen-bond donors (Lipinski definition) is 1. The molecule has 0 bridgehead atoms. The second kappa shape index (κ2) is 7.71. The largest absolute Gasteiger partial charge is 0.481 e. The Balaban J connectivity index is 1.39. The molecule has 1 N–H and O–H groups in total. The number of benzene rings is 2. The highest BCUT2D eigenvalue weighted by molar-refractivity contribution is 6.18. The molecule has 0 radical (unpaired) electrons. The van der Waals surface area contributed by atoms with Gasteiger partial charge in [-0.25, -0.2) is 0 Å². The standard InChI is InChI=1S/C26H23N3O4/c1-15(25(30)28-14-17-5-4-12-32-17)33-16-8-9-22-21(13-16)19-10-11-27-23-18-6-2-3-7-20(18)26(31)29(22)24(19)23/h2-3,6-11,13,15,17H,4-5,12,14H2,1H3,(H,28,30)/t15-,17-/m1/s1. The number of aromatic nitrogens is 2. The van der Waals surface area contributed by atoms with E-state index >= 15 is 0 Å². The molecule has 2 aromatic carbocycles. The molecule has 0 saturated carbocycles. The Kier molecular flexibility index (Phi) is 4.66. The van der Waals surface area contributed by atoms with Gasteiger partial charge >= 0.3 is 0 Å². The molecular formula is C26H23N3O4. The van der Waals surface area contributed by atoms with Crippen LogP contribution in [0.4, 0.5) is 0 Å². The number of hydrogen-bond acceptors (Lipinski definition) is 5. The molecule has 3 aromatic heterocycles. The van der Waals surface area contributed by atoms with Gasteiger partial charge in [-0.3, -0.25) is 19.0 Å². The summed E-state index contributed by atoms with van der Waals surface area (Å²) in [5, 5.41) is 6.21. The lowest BCUT2D eigenvalue weighted by Crippen LogP contribution is -2.40. The lowest BCUT2D eigenvalue weighted by Gasteiger charge is -2.16. The van der Waals surface area contributed by atoms with E-state index in [2.05, 4.69) is 10.3 Å². The van der Waals surface area contributed by atoms with Crippen LogP contribution in [-0.4, -0.2) is 40.7 Å². The van der Waals surface area contributed by atoms with Gasteiger partial charge in [0.2, 0.25) is 0 Å². The Hall–Kier alpha value is -3.71. The molecule has 0 spiro atoms. The summed E-state index contributed by atoms with van der Waals surface area (Å²) in [5.74, 6) is 0.395. The molecule has 1 aliphatic heterocycles. The maximum Gasteiger partial charge on any atom is 0.263 e. The molecular weight excluding hydrogens is 418 g/mol. The molecule has 1 fully saturated rings. The number of carbonyl (C=O) groups is 1. The van der Waals surface area contributed by atoms with Crippen LogP contribution >= 0.6 is 0 Å². The van der Waals surface area contributed by atoms with Crippen molar-refractivity contribution >= 4 is 44.0 Å². The van der Waals surface area contributed by atoms with Crippen molar-refractivity contribution in [2.45, 2.75) is 32.0 Å². The summed E-state index contributed by atoms with van der Waals surface area (Å²) in [7, 11) is 0. The van der Waals surface area contributed by atoms with Gasteiger partial charge in [0.15, 0.2) is 6.10 Å². The van der Waals surface area contributed by atoms with Crippen LogP contribution in [0, 0.1) is 0 Å². The van der Waals surface area contributed by atoms with E-state index in [9.17, 15) is 9.59 Å². The van der Waals surface area contributed by atoms with Gasteiger partial charge in [0, 0.05) is 40.9 Å². The average molecular weight is 441 g/mol. The molecule has 4 heterocycles. The van der Waals surface area contributed by atoms with Crippen LogP contribution in [0.25, 0.3) is 38.1 Å². The van der Waals surface area contributed by atoms with E-state index in [0.717, 1.165) is 52.2 Å².